The Labute approximate surface area is 110 Å². The largest absolute Gasteiger partial charge is 0.271 e. The molecule has 0 spiro atoms. The lowest BCUT2D eigenvalue weighted by molar-refractivity contribution is 0.559. The van der Waals surface area contributed by atoms with Crippen LogP contribution in [0.2, 0.25) is 5.15 Å². The van der Waals surface area contributed by atoms with E-state index in [2.05, 4.69) is 10.4 Å². The Bertz CT molecular complexity index is 560. The molecule has 5 heteroatoms. The number of hydrogen-bond acceptors (Lipinski definition) is 3. The second-order valence-corrected chi connectivity index (χ2v) is 4.42. The SMILES string of the molecule is Cc1ccc(F)c(C(NN)c2ccnc(Cl)c2)c1. The Morgan fingerprint density at radius 3 is 2.78 bits per heavy atom. The van der Waals surface area contributed by atoms with Crippen molar-refractivity contribution < 1.29 is 4.39 Å². The van der Waals surface area contributed by atoms with Crippen molar-refractivity contribution >= 4 is 11.6 Å². The number of nitrogens with one attached hydrogen (secondary N) is 1. The summed E-state index contributed by atoms with van der Waals surface area (Å²) in [5.41, 5.74) is 4.82. The van der Waals surface area contributed by atoms with E-state index in [1.165, 1.54) is 6.07 Å². The zero-order chi connectivity index (χ0) is 13.1. The van der Waals surface area contributed by atoms with Crippen LogP contribution in [0.3, 0.4) is 0 Å². The van der Waals surface area contributed by atoms with E-state index >= 15 is 0 Å². The minimum Gasteiger partial charge on any atom is -0.271 e. The molecule has 1 heterocycles. The molecule has 0 fully saturated rings. The van der Waals surface area contributed by atoms with Crippen molar-refractivity contribution in [2.45, 2.75) is 13.0 Å². The Balaban J connectivity index is 2.48. The molecule has 94 valence electrons. The first-order valence-corrected chi connectivity index (χ1v) is 5.83. The summed E-state index contributed by atoms with van der Waals surface area (Å²) in [6.45, 7) is 1.90. The van der Waals surface area contributed by atoms with E-state index in [0.717, 1.165) is 11.1 Å². The van der Waals surface area contributed by atoms with Crippen molar-refractivity contribution in [3.05, 3.63) is 64.2 Å². The van der Waals surface area contributed by atoms with Crippen LogP contribution in [0.4, 0.5) is 4.39 Å². The van der Waals surface area contributed by atoms with Crippen LogP contribution < -0.4 is 11.3 Å². The van der Waals surface area contributed by atoms with Gasteiger partial charge < -0.3 is 0 Å². The molecule has 0 aliphatic rings. The normalized spacial score (nSPS) is 12.4. The number of nitrogens with zero attached hydrogens (tertiary/aromatic N) is 1. The number of nitrogens with two attached hydrogens (primary N) is 1. The monoisotopic (exact) mass is 265 g/mol. The van der Waals surface area contributed by atoms with Gasteiger partial charge >= 0.3 is 0 Å². The molecule has 1 aromatic heterocycles. The maximum absolute atomic E-state index is 13.8. The highest BCUT2D eigenvalue weighted by molar-refractivity contribution is 6.29. The maximum atomic E-state index is 13.8. The number of hydrogen-bond donors (Lipinski definition) is 2. The van der Waals surface area contributed by atoms with E-state index in [-0.39, 0.29) is 5.82 Å². The molecule has 3 N–H and O–H groups in total. The average Bonchev–Trinajstić information content (AvgIpc) is 2.35. The molecule has 0 radical (unpaired) electrons. The minimum absolute atomic E-state index is 0.309. The van der Waals surface area contributed by atoms with Crippen molar-refractivity contribution in [1.29, 1.82) is 0 Å². The molecule has 1 atom stereocenters. The van der Waals surface area contributed by atoms with Gasteiger partial charge in [-0.2, -0.15) is 0 Å². The van der Waals surface area contributed by atoms with Gasteiger partial charge in [0.25, 0.3) is 0 Å². The molecule has 1 unspecified atom stereocenters. The van der Waals surface area contributed by atoms with Crippen molar-refractivity contribution in [3.8, 4) is 0 Å². The van der Waals surface area contributed by atoms with Gasteiger partial charge in [-0.25, -0.2) is 14.8 Å². The highest BCUT2D eigenvalue weighted by Crippen LogP contribution is 2.25. The topological polar surface area (TPSA) is 50.9 Å². The van der Waals surface area contributed by atoms with Crippen LogP contribution in [0.15, 0.2) is 36.5 Å². The molecule has 1 aromatic carbocycles. The summed E-state index contributed by atoms with van der Waals surface area (Å²) in [4.78, 5) is 3.89. The first-order valence-electron chi connectivity index (χ1n) is 5.45. The van der Waals surface area contributed by atoms with Crippen LogP contribution in [0, 0.1) is 12.7 Å². The molecule has 0 bridgehead atoms. The zero-order valence-corrected chi connectivity index (χ0v) is 10.6. The molecule has 0 saturated heterocycles. The Morgan fingerprint density at radius 1 is 1.33 bits per heavy atom. The number of pyridine rings is 1. The van der Waals surface area contributed by atoms with E-state index in [4.69, 9.17) is 17.4 Å². The molecule has 3 nitrogen and oxygen atoms in total. The van der Waals surface area contributed by atoms with Gasteiger partial charge in [0.2, 0.25) is 0 Å². The predicted molar refractivity (Wildman–Crippen MR) is 69.6 cm³/mol. The molecule has 0 amide bonds. The summed E-state index contributed by atoms with van der Waals surface area (Å²) in [6, 6.07) is 7.86. The van der Waals surface area contributed by atoms with E-state index in [0.29, 0.717) is 10.7 Å². The molecule has 18 heavy (non-hydrogen) atoms. The van der Waals surface area contributed by atoms with Crippen molar-refractivity contribution in [3.63, 3.8) is 0 Å². The third-order valence-corrected chi connectivity index (χ3v) is 2.92. The molecular formula is C13H13ClFN3. The van der Waals surface area contributed by atoms with Gasteiger partial charge in [0.05, 0.1) is 6.04 Å². The lowest BCUT2D eigenvalue weighted by Crippen LogP contribution is -2.29. The fourth-order valence-corrected chi connectivity index (χ4v) is 2.03. The summed E-state index contributed by atoms with van der Waals surface area (Å²) < 4.78 is 13.8. The first kappa shape index (κ1) is 13.0. The number of aryl methyl sites for hydroxylation is 1. The number of benzene rings is 1. The molecule has 0 saturated carbocycles. The van der Waals surface area contributed by atoms with Crippen LogP contribution in [-0.4, -0.2) is 4.98 Å². The van der Waals surface area contributed by atoms with Crippen molar-refractivity contribution in [1.82, 2.24) is 10.4 Å². The second-order valence-electron chi connectivity index (χ2n) is 4.04. The molecular weight excluding hydrogens is 253 g/mol. The molecule has 2 rings (SSSR count). The summed E-state index contributed by atoms with van der Waals surface area (Å²) in [5, 5.41) is 0.348. The van der Waals surface area contributed by atoms with E-state index in [1.807, 2.05) is 6.92 Å². The van der Waals surface area contributed by atoms with E-state index in [9.17, 15) is 4.39 Å². The van der Waals surface area contributed by atoms with E-state index < -0.39 is 6.04 Å². The van der Waals surface area contributed by atoms with Gasteiger partial charge in [-0.3, -0.25) is 5.84 Å². The van der Waals surface area contributed by atoms with Crippen molar-refractivity contribution in [2.24, 2.45) is 5.84 Å². The highest BCUT2D eigenvalue weighted by atomic mass is 35.5. The average molecular weight is 266 g/mol. The van der Waals surface area contributed by atoms with Crippen LogP contribution in [0.25, 0.3) is 0 Å². The number of hydrazine groups is 1. The van der Waals surface area contributed by atoms with Gasteiger partial charge in [-0.15, -0.1) is 0 Å². The summed E-state index contributed by atoms with van der Waals surface area (Å²) in [7, 11) is 0. The van der Waals surface area contributed by atoms with E-state index in [1.54, 1.807) is 30.5 Å². The second kappa shape index (κ2) is 5.44. The van der Waals surface area contributed by atoms with Crippen LogP contribution >= 0.6 is 11.6 Å². The maximum Gasteiger partial charge on any atom is 0.129 e. The van der Waals surface area contributed by atoms with Crippen LogP contribution in [-0.2, 0) is 0 Å². The van der Waals surface area contributed by atoms with Gasteiger partial charge in [0.1, 0.15) is 11.0 Å². The van der Waals surface area contributed by atoms with Gasteiger partial charge in [-0.1, -0.05) is 29.3 Å². The third kappa shape index (κ3) is 2.67. The smallest absolute Gasteiger partial charge is 0.129 e. The van der Waals surface area contributed by atoms with Gasteiger partial charge in [-0.05, 0) is 30.7 Å². The third-order valence-electron chi connectivity index (χ3n) is 2.71. The quantitative estimate of drug-likeness (QED) is 0.510. The Morgan fingerprint density at radius 2 is 2.11 bits per heavy atom. The van der Waals surface area contributed by atoms with Crippen molar-refractivity contribution in [2.75, 3.05) is 0 Å². The summed E-state index contributed by atoms with van der Waals surface area (Å²) in [5.74, 6) is 5.22. The van der Waals surface area contributed by atoms with Gasteiger partial charge in [0, 0.05) is 11.8 Å². The summed E-state index contributed by atoms with van der Waals surface area (Å²) >= 11 is 5.83. The molecule has 0 aliphatic carbocycles. The predicted octanol–water partition coefficient (Wildman–Crippen LogP) is 2.74. The zero-order valence-electron chi connectivity index (χ0n) is 9.82. The number of rotatable bonds is 3. The first-order chi connectivity index (χ1) is 8.61. The Kier molecular flexibility index (Phi) is 3.91. The van der Waals surface area contributed by atoms with Crippen LogP contribution in [0.1, 0.15) is 22.7 Å². The standard InChI is InChI=1S/C13H13ClFN3/c1-8-2-3-11(15)10(6-8)13(18-16)9-4-5-17-12(14)7-9/h2-7,13,18H,16H2,1H3. The minimum atomic E-state index is -0.453. The number of aromatic nitrogens is 1. The Hall–Kier alpha value is -1.49. The lowest BCUT2D eigenvalue weighted by atomic mass is 9.98. The molecule has 2 aromatic rings. The lowest BCUT2D eigenvalue weighted by Gasteiger charge is -2.18. The van der Waals surface area contributed by atoms with Crippen LogP contribution in [0.5, 0.6) is 0 Å². The highest BCUT2D eigenvalue weighted by Gasteiger charge is 2.17. The number of halogens is 2. The summed E-state index contributed by atoms with van der Waals surface area (Å²) in [6.07, 6.45) is 1.57. The molecule has 0 aliphatic heterocycles. The van der Waals surface area contributed by atoms with Gasteiger partial charge in [0.15, 0.2) is 0 Å². The fourth-order valence-electron chi connectivity index (χ4n) is 1.85. The fraction of sp³-hybridized carbons (Fsp3) is 0.154.